The van der Waals surface area contributed by atoms with Crippen LogP contribution in [0.3, 0.4) is 0 Å². The second-order valence-electron chi connectivity index (χ2n) is 0.169. The minimum absolute atomic E-state index is 0.719. The topological polar surface area (TPSA) is 60.4 Å². The quantitative estimate of drug-likeness (QED) is 0.609. The molecule has 0 radical (unpaired) electrons. The van der Waals surface area contributed by atoms with Crippen molar-refractivity contribution in [2.45, 2.75) is 0 Å². The zero-order valence-electron chi connectivity index (χ0n) is 2.67. The first-order valence-corrected chi connectivity index (χ1v) is 2.94. The molecule has 0 saturated carbocycles. The van der Waals surface area contributed by atoms with Crippen LogP contribution in [0.1, 0.15) is 0 Å². The molecule has 7 heteroatoms. The molecule has 0 heterocycles. The van der Waals surface area contributed by atoms with Crippen molar-refractivity contribution >= 4 is 0 Å². The molecule has 0 fully saturated rings. The number of hydrogen-bond acceptors (Lipinski definition) is 4. The van der Waals surface area contributed by atoms with Crippen molar-refractivity contribution in [2.75, 3.05) is 0 Å². The Morgan fingerprint density at radius 2 is 1.43 bits per heavy atom. The summed E-state index contributed by atoms with van der Waals surface area (Å²) in [5, 5.41) is 0. The van der Waals surface area contributed by atoms with Crippen molar-refractivity contribution in [3.05, 3.63) is 0 Å². The van der Waals surface area contributed by atoms with Crippen molar-refractivity contribution in [1.29, 1.82) is 0 Å². The molecule has 0 aromatic heterocycles. The first-order valence-electron chi connectivity index (χ1n) is 0.713. The third-order valence-electron chi connectivity index (χ3n) is 0.0417. The van der Waals surface area contributed by atoms with Crippen LogP contribution in [-0.4, -0.2) is 0 Å². The summed E-state index contributed by atoms with van der Waals surface area (Å²) >= 11 is 0.875. The summed E-state index contributed by atoms with van der Waals surface area (Å²) in [5.74, 6) is 0. The molecule has 0 bridgehead atoms. The standard InChI is InChI=1S/Co.2Fe.4O. The van der Waals surface area contributed by atoms with Crippen LogP contribution in [-0.2, 0) is 60.5 Å². The zero-order chi connectivity index (χ0) is 6.12. The van der Waals surface area contributed by atoms with Gasteiger partial charge in [-0.05, 0) is 0 Å². The van der Waals surface area contributed by atoms with Gasteiger partial charge in [0.1, 0.15) is 0 Å². The Morgan fingerprint density at radius 1 is 1.14 bits per heavy atom. The van der Waals surface area contributed by atoms with E-state index in [0.717, 1.165) is 0 Å². The molecular weight excluding hydrogens is 235 g/mol. The van der Waals surface area contributed by atoms with Gasteiger partial charge < -0.3 is 0 Å². The Hall–Kier alpha value is 0.905. The van der Waals surface area contributed by atoms with Gasteiger partial charge in [0.2, 0.25) is 0 Å². The van der Waals surface area contributed by atoms with E-state index in [9.17, 15) is 0 Å². The van der Waals surface area contributed by atoms with E-state index in [2.05, 4.69) is 18.6 Å². The van der Waals surface area contributed by atoms with E-state index in [1.807, 2.05) is 0 Å². The Balaban J connectivity index is 0. The third-order valence-corrected chi connectivity index (χ3v) is 0.708. The first kappa shape index (κ1) is 10.8. The molecule has 0 aromatic carbocycles. The Labute approximate surface area is 60.5 Å². The van der Waals surface area contributed by atoms with Crippen LogP contribution in [0.15, 0.2) is 0 Å². The van der Waals surface area contributed by atoms with E-state index in [4.69, 9.17) is 11.5 Å². The van der Waals surface area contributed by atoms with Gasteiger partial charge >= 0.3 is 60.5 Å². The maximum absolute atomic E-state index is 9.11. The van der Waals surface area contributed by atoms with Gasteiger partial charge in [-0.1, -0.05) is 0 Å². The summed E-state index contributed by atoms with van der Waals surface area (Å²) in [5.41, 5.74) is 0. The molecule has 4 nitrogen and oxygen atoms in total. The van der Waals surface area contributed by atoms with Crippen LogP contribution in [0.5, 0.6) is 0 Å². The van der Waals surface area contributed by atoms with Crippen molar-refractivity contribution < 1.29 is 60.5 Å². The van der Waals surface area contributed by atoms with Gasteiger partial charge in [-0.3, -0.25) is 0 Å². The van der Waals surface area contributed by atoms with Gasteiger partial charge in [-0.15, -0.1) is 0 Å². The normalized spacial score (nSPS) is 6.43. The molecule has 0 saturated heterocycles. The molecule has 0 atom stereocenters. The molecule has 0 N–H and O–H groups in total. The summed E-state index contributed by atoms with van der Waals surface area (Å²) in [6, 6.07) is 0. The van der Waals surface area contributed by atoms with Crippen LogP contribution < -0.4 is 0 Å². The Kier molecular flexibility index (Phi) is 24.4. The van der Waals surface area contributed by atoms with Crippen LogP contribution in [0.4, 0.5) is 0 Å². The van der Waals surface area contributed by atoms with Gasteiger partial charge in [-0.25, -0.2) is 0 Å². The molecule has 0 spiro atoms. The zero-order valence-corrected chi connectivity index (χ0v) is 5.92. The summed E-state index contributed by atoms with van der Waals surface area (Å²) in [4.78, 5) is 0. The van der Waals surface area contributed by atoms with Crippen LogP contribution in [0.2, 0.25) is 0 Å². The van der Waals surface area contributed by atoms with Gasteiger partial charge in [0.05, 0.1) is 0 Å². The van der Waals surface area contributed by atoms with Crippen LogP contribution in [0.25, 0.3) is 0 Å². The fraction of sp³-hybridized carbons (Fsp3) is 0. The average Bonchev–Trinajstić information content (AvgIpc) is 1.75. The predicted octanol–water partition coefficient (Wildman–Crippen LogP) is -0.432. The molecular formula is CoFe2O4. The monoisotopic (exact) mass is 235 g/mol. The van der Waals surface area contributed by atoms with Gasteiger partial charge in [-0.2, -0.15) is 0 Å². The van der Waals surface area contributed by atoms with Gasteiger partial charge in [0.15, 0.2) is 0 Å². The van der Waals surface area contributed by atoms with E-state index in [-0.39, 0.29) is 0 Å². The summed E-state index contributed by atoms with van der Waals surface area (Å²) in [6.07, 6.45) is 0. The van der Waals surface area contributed by atoms with E-state index < -0.39 is 30.4 Å². The molecule has 7 heavy (non-hydrogen) atoms. The maximum atomic E-state index is 9.11. The van der Waals surface area contributed by atoms with Gasteiger partial charge in [0, 0.05) is 0 Å². The molecule has 0 amide bonds. The Morgan fingerprint density at radius 3 is 1.43 bits per heavy atom. The molecule has 0 unspecified atom stereocenters. The second-order valence-corrected chi connectivity index (χ2v) is 1.35. The van der Waals surface area contributed by atoms with Crippen molar-refractivity contribution in [3.8, 4) is 0 Å². The molecule has 0 aliphatic carbocycles. The van der Waals surface area contributed by atoms with E-state index >= 15 is 0 Å². The summed E-state index contributed by atoms with van der Waals surface area (Å²) in [6.45, 7) is 0. The van der Waals surface area contributed by atoms with Crippen LogP contribution in [0, 0.1) is 0 Å². The molecule has 0 rings (SSSR count). The summed E-state index contributed by atoms with van der Waals surface area (Å²) < 4.78 is 29.9. The van der Waals surface area contributed by atoms with Crippen LogP contribution >= 0.6 is 0 Å². The molecule has 0 aliphatic heterocycles. The molecule has 0 aromatic rings. The molecule has 0 aliphatic rings. The van der Waals surface area contributed by atoms with E-state index in [1.165, 1.54) is 0 Å². The van der Waals surface area contributed by atoms with E-state index in [1.54, 1.807) is 0 Å². The Bertz CT molecular complexity index is 47.7. The summed E-state index contributed by atoms with van der Waals surface area (Å²) in [7, 11) is 0. The first-order chi connectivity index (χ1) is 3.41. The second kappa shape index (κ2) is 15.8. The minimum atomic E-state index is -0.719. The number of rotatable bonds is 2. The van der Waals surface area contributed by atoms with Crippen molar-refractivity contribution in [3.63, 3.8) is 0 Å². The predicted molar refractivity (Wildman–Crippen MR) is 3.14 cm³/mol. The fourth-order valence-corrected chi connectivity index (χ4v) is 0.145. The van der Waals surface area contributed by atoms with Crippen molar-refractivity contribution in [1.82, 2.24) is 0 Å². The fourth-order valence-electron chi connectivity index (χ4n) is 0.00851. The average molecular weight is 235 g/mol. The van der Waals surface area contributed by atoms with Gasteiger partial charge in [0.25, 0.3) is 0 Å². The number of hydrogen-bond donors (Lipinski definition) is 0. The van der Waals surface area contributed by atoms with Crippen molar-refractivity contribution in [2.24, 2.45) is 0 Å². The molecule has 49 valence electrons. The third kappa shape index (κ3) is 19.7. The van der Waals surface area contributed by atoms with E-state index in [0.29, 0.717) is 0 Å². The SMILES string of the molecule is [O]=[Co].[O]=[Fe][O][Fe]=[O].